The summed E-state index contributed by atoms with van der Waals surface area (Å²) in [5.41, 5.74) is 15.3. The van der Waals surface area contributed by atoms with Crippen molar-refractivity contribution in [1.82, 2.24) is 13.7 Å². The highest BCUT2D eigenvalue weighted by molar-refractivity contribution is 6.15. The Balaban J connectivity index is 1.24. The largest absolute Gasteiger partial charge is 0.309 e. The van der Waals surface area contributed by atoms with E-state index in [-0.39, 0.29) is 5.41 Å². The van der Waals surface area contributed by atoms with E-state index in [1.807, 2.05) is 37.3 Å². The standard InChI is InChI=1S/C54H37N5/c1-5-16-36-37-19-10-14-23-48(37)58(46(36)6-2)52-26-33(31-55)25-34(32-56)53(52)59-49-24-15-12-21-39(49)43-28-41-40-27-42-38-20-11-13-22-47(38)57(35-17-8-7-9-18-35)50(42)29-44(40)54(3,4)45(41)30-51(43)59/h5-30H,2H2,1,3-4H3/b16-5-. The molecule has 7 aromatic carbocycles. The number of nitriles is 2. The lowest BCUT2D eigenvalue weighted by atomic mass is 9.82. The smallest absolute Gasteiger partial charge is 0.101 e. The Morgan fingerprint density at radius 2 is 1.10 bits per heavy atom. The van der Waals surface area contributed by atoms with Gasteiger partial charge in [-0.15, -0.1) is 0 Å². The summed E-state index contributed by atoms with van der Waals surface area (Å²) in [7, 11) is 0. The number of allylic oxidation sites excluding steroid dienone is 1. The van der Waals surface area contributed by atoms with Gasteiger partial charge in [0.05, 0.1) is 61.8 Å². The summed E-state index contributed by atoms with van der Waals surface area (Å²) in [6.45, 7) is 10.9. The lowest BCUT2D eigenvalue weighted by Crippen LogP contribution is -2.15. The molecule has 278 valence electrons. The van der Waals surface area contributed by atoms with E-state index in [9.17, 15) is 10.5 Å². The van der Waals surface area contributed by atoms with Crippen LogP contribution in [0.15, 0.2) is 152 Å². The van der Waals surface area contributed by atoms with Crippen LogP contribution in [-0.4, -0.2) is 13.7 Å². The maximum atomic E-state index is 11.0. The van der Waals surface area contributed by atoms with Crippen LogP contribution >= 0.6 is 0 Å². The molecule has 0 N–H and O–H groups in total. The molecule has 3 heterocycles. The second kappa shape index (κ2) is 12.6. The first-order chi connectivity index (χ1) is 28.9. The Labute approximate surface area is 341 Å². The molecule has 0 bridgehead atoms. The highest BCUT2D eigenvalue weighted by Gasteiger charge is 2.38. The van der Waals surface area contributed by atoms with Gasteiger partial charge in [-0.25, -0.2) is 0 Å². The van der Waals surface area contributed by atoms with E-state index >= 15 is 0 Å². The van der Waals surface area contributed by atoms with Crippen LogP contribution < -0.4 is 0 Å². The molecule has 1 aliphatic rings. The molecule has 0 unspecified atom stereocenters. The van der Waals surface area contributed by atoms with Crippen molar-refractivity contribution in [2.24, 2.45) is 0 Å². The summed E-state index contributed by atoms with van der Waals surface area (Å²) in [6, 6.07) is 54.1. The number of benzene rings is 7. The first-order valence-corrected chi connectivity index (χ1v) is 20.0. The van der Waals surface area contributed by atoms with Crippen LogP contribution in [0.5, 0.6) is 0 Å². The van der Waals surface area contributed by atoms with Crippen LogP contribution in [0.1, 0.15) is 54.3 Å². The van der Waals surface area contributed by atoms with Gasteiger partial charge in [-0.1, -0.05) is 105 Å². The average Bonchev–Trinajstić information content (AvgIpc) is 3.95. The predicted molar refractivity (Wildman–Crippen MR) is 244 cm³/mol. The van der Waals surface area contributed by atoms with Crippen molar-refractivity contribution in [2.45, 2.75) is 26.2 Å². The highest BCUT2D eigenvalue weighted by Crippen LogP contribution is 2.53. The third-order valence-corrected chi connectivity index (χ3v) is 12.6. The molecule has 0 atom stereocenters. The van der Waals surface area contributed by atoms with Gasteiger partial charge in [-0.3, -0.25) is 0 Å². The van der Waals surface area contributed by atoms with Gasteiger partial charge in [0, 0.05) is 43.6 Å². The predicted octanol–water partition coefficient (Wildman–Crippen LogP) is 13.6. The second-order valence-electron chi connectivity index (χ2n) is 16.0. The van der Waals surface area contributed by atoms with E-state index in [2.05, 4.69) is 168 Å². The number of para-hydroxylation sites is 4. The van der Waals surface area contributed by atoms with Gasteiger partial charge in [0.25, 0.3) is 0 Å². The topological polar surface area (TPSA) is 62.4 Å². The van der Waals surface area contributed by atoms with Crippen molar-refractivity contribution in [1.29, 1.82) is 10.5 Å². The number of rotatable bonds is 5. The minimum absolute atomic E-state index is 0.341. The van der Waals surface area contributed by atoms with Crippen molar-refractivity contribution in [3.05, 3.63) is 186 Å². The molecule has 5 heteroatoms. The van der Waals surface area contributed by atoms with Gasteiger partial charge in [0.2, 0.25) is 0 Å². The van der Waals surface area contributed by atoms with Crippen molar-refractivity contribution in [2.75, 3.05) is 0 Å². The molecule has 0 saturated heterocycles. The molecule has 0 aliphatic heterocycles. The Morgan fingerprint density at radius 1 is 0.559 bits per heavy atom. The van der Waals surface area contributed by atoms with Crippen molar-refractivity contribution < 1.29 is 0 Å². The number of hydrogen-bond acceptors (Lipinski definition) is 2. The summed E-state index contributed by atoms with van der Waals surface area (Å²) in [4.78, 5) is 0. The van der Waals surface area contributed by atoms with Gasteiger partial charge in [0.1, 0.15) is 6.07 Å². The van der Waals surface area contributed by atoms with E-state index in [4.69, 9.17) is 0 Å². The first kappa shape index (κ1) is 34.4. The molecule has 5 nitrogen and oxygen atoms in total. The van der Waals surface area contributed by atoms with Crippen LogP contribution in [0.2, 0.25) is 0 Å². The number of hydrogen-bond donors (Lipinski definition) is 0. The van der Waals surface area contributed by atoms with Gasteiger partial charge in [-0.2, -0.15) is 10.5 Å². The fraction of sp³-hybridized carbons (Fsp3) is 0.0741. The fourth-order valence-electron chi connectivity index (χ4n) is 10.0. The summed E-state index contributed by atoms with van der Waals surface area (Å²) in [5.74, 6) is 0. The van der Waals surface area contributed by atoms with Crippen LogP contribution in [0, 0.1) is 22.7 Å². The molecule has 59 heavy (non-hydrogen) atoms. The Bertz CT molecular complexity index is 3570. The number of nitrogens with zero attached hydrogens (tertiary/aromatic N) is 5. The molecule has 3 aromatic heterocycles. The molecule has 11 rings (SSSR count). The highest BCUT2D eigenvalue weighted by atomic mass is 15.1. The van der Waals surface area contributed by atoms with E-state index in [0.717, 1.165) is 61.0 Å². The van der Waals surface area contributed by atoms with Crippen molar-refractivity contribution in [3.8, 4) is 40.3 Å². The average molecular weight is 756 g/mol. The zero-order chi connectivity index (χ0) is 40.2. The van der Waals surface area contributed by atoms with Gasteiger partial charge >= 0.3 is 0 Å². The van der Waals surface area contributed by atoms with Gasteiger partial charge in [-0.05, 0) is 102 Å². The Hall–Kier alpha value is -7.86. The van der Waals surface area contributed by atoms with E-state index in [1.54, 1.807) is 6.07 Å². The first-order valence-electron chi connectivity index (χ1n) is 20.0. The summed E-state index contributed by atoms with van der Waals surface area (Å²) < 4.78 is 6.81. The van der Waals surface area contributed by atoms with Crippen LogP contribution in [-0.2, 0) is 5.41 Å². The van der Waals surface area contributed by atoms with Gasteiger partial charge < -0.3 is 13.7 Å². The fourth-order valence-corrected chi connectivity index (χ4v) is 10.0. The summed E-state index contributed by atoms with van der Waals surface area (Å²) in [5, 5.41) is 27.0. The summed E-state index contributed by atoms with van der Waals surface area (Å²) in [6.07, 6.45) is 6.01. The maximum absolute atomic E-state index is 11.0. The number of aromatic nitrogens is 3. The molecule has 1 aliphatic carbocycles. The minimum Gasteiger partial charge on any atom is -0.309 e. The third kappa shape index (κ3) is 4.65. The normalized spacial score (nSPS) is 13.1. The molecule has 0 radical (unpaired) electrons. The van der Waals surface area contributed by atoms with E-state index < -0.39 is 0 Å². The van der Waals surface area contributed by atoms with Gasteiger partial charge in [0.15, 0.2) is 0 Å². The number of fused-ring (bicyclic) bond motifs is 10. The quantitative estimate of drug-likeness (QED) is 0.176. The van der Waals surface area contributed by atoms with Crippen LogP contribution in [0.3, 0.4) is 0 Å². The lowest BCUT2D eigenvalue weighted by molar-refractivity contribution is 0.661. The molecular weight excluding hydrogens is 719 g/mol. The van der Waals surface area contributed by atoms with Crippen LogP contribution in [0.4, 0.5) is 0 Å². The SMILES string of the molecule is C=Cc1c(/C=C\C)c2ccccc2n1-c1cc(C#N)cc(C#N)c1-n1c2ccccc2c2cc3c(cc21)C(C)(C)c1cc2c(cc1-3)c1ccccc1n2-c1ccccc1. The molecule has 10 aromatic rings. The minimum atomic E-state index is -0.341. The monoisotopic (exact) mass is 755 g/mol. The summed E-state index contributed by atoms with van der Waals surface area (Å²) >= 11 is 0. The lowest BCUT2D eigenvalue weighted by Gasteiger charge is -2.23. The molecule has 0 saturated carbocycles. The molecular formula is C54H37N5. The zero-order valence-electron chi connectivity index (χ0n) is 33.0. The molecule has 0 spiro atoms. The Morgan fingerprint density at radius 3 is 1.68 bits per heavy atom. The van der Waals surface area contributed by atoms with Crippen molar-refractivity contribution >= 4 is 66.7 Å². The molecule has 0 amide bonds. The maximum Gasteiger partial charge on any atom is 0.101 e. The zero-order valence-corrected chi connectivity index (χ0v) is 33.0. The molecule has 0 fully saturated rings. The van der Waals surface area contributed by atoms with E-state index in [0.29, 0.717) is 11.1 Å². The van der Waals surface area contributed by atoms with E-state index in [1.165, 1.54) is 44.1 Å². The third-order valence-electron chi connectivity index (χ3n) is 12.6. The van der Waals surface area contributed by atoms with Crippen molar-refractivity contribution in [3.63, 3.8) is 0 Å². The van der Waals surface area contributed by atoms with Crippen LogP contribution in [0.25, 0.3) is 94.9 Å². The Kier molecular flexibility index (Phi) is 7.33. The second-order valence-corrected chi connectivity index (χ2v) is 16.0.